The van der Waals surface area contributed by atoms with Crippen LogP contribution in [0.5, 0.6) is 0 Å². The van der Waals surface area contributed by atoms with Crippen molar-refractivity contribution in [1.82, 2.24) is 30.2 Å². The molecule has 2 amide bonds. The van der Waals surface area contributed by atoms with Crippen molar-refractivity contribution < 1.29 is 14.3 Å². The molecule has 2 N–H and O–H groups in total. The summed E-state index contributed by atoms with van der Waals surface area (Å²) in [6.07, 6.45) is 8.35. The van der Waals surface area contributed by atoms with Crippen LogP contribution in [0.25, 0.3) is 0 Å². The number of nitrogens with zero attached hydrogens (tertiary/aromatic N) is 5. The average molecular weight is 768 g/mol. The molecular formula is C44H61N7O3S. The Morgan fingerprint density at radius 3 is 2.45 bits per heavy atom. The quantitative estimate of drug-likeness (QED) is 0.197. The van der Waals surface area contributed by atoms with Crippen LogP contribution in [0.3, 0.4) is 0 Å². The second-order valence-electron chi connectivity index (χ2n) is 16.6. The first-order valence-corrected chi connectivity index (χ1v) is 21.5. The Kier molecular flexibility index (Phi) is 13.2. The van der Waals surface area contributed by atoms with E-state index in [1.165, 1.54) is 24.8 Å². The summed E-state index contributed by atoms with van der Waals surface area (Å²) in [6.45, 7) is 8.18. The predicted octanol–water partition coefficient (Wildman–Crippen LogP) is 5.92. The fourth-order valence-electron chi connectivity index (χ4n) is 9.13. The van der Waals surface area contributed by atoms with E-state index in [0.717, 1.165) is 68.7 Å². The highest BCUT2D eigenvalue weighted by atomic mass is 32.1. The van der Waals surface area contributed by atoms with Crippen molar-refractivity contribution in [1.29, 1.82) is 0 Å². The van der Waals surface area contributed by atoms with Gasteiger partial charge >= 0.3 is 0 Å². The minimum Gasteiger partial charge on any atom is -0.455 e. The molecular weight excluding hydrogens is 707 g/mol. The van der Waals surface area contributed by atoms with Crippen molar-refractivity contribution >= 4 is 29.2 Å². The highest BCUT2D eigenvalue weighted by molar-refractivity contribution is 7.09. The van der Waals surface area contributed by atoms with Gasteiger partial charge in [0.1, 0.15) is 12.1 Å². The van der Waals surface area contributed by atoms with Crippen molar-refractivity contribution in [2.24, 2.45) is 10.4 Å². The number of thiophene rings is 1. The number of hydrogen-bond acceptors (Lipinski definition) is 9. The van der Waals surface area contributed by atoms with Gasteiger partial charge in [-0.2, -0.15) is 0 Å². The van der Waals surface area contributed by atoms with E-state index in [9.17, 15) is 9.59 Å². The summed E-state index contributed by atoms with van der Waals surface area (Å²) in [6, 6.07) is 24.9. The largest absolute Gasteiger partial charge is 0.455 e. The third kappa shape index (κ3) is 10.2. The smallest absolute Gasteiger partial charge is 0.288 e. The van der Waals surface area contributed by atoms with E-state index in [0.29, 0.717) is 43.7 Å². The van der Waals surface area contributed by atoms with Gasteiger partial charge in [-0.1, -0.05) is 73.2 Å². The number of carbonyl (C=O) groups is 2. The summed E-state index contributed by atoms with van der Waals surface area (Å²) >= 11 is 1.62. The van der Waals surface area contributed by atoms with Crippen molar-refractivity contribution in [2.75, 3.05) is 53.4 Å². The SMILES string of the molecule is C[C@@H]1N=C(N2CCN(C(=O)[C@H](CCCCN(C)C)NC3CCC4(CC3)CCN(Cc3ccccc3)C4)[C@H](C(=O)NCc3cccs3)C2)O[C@H]1c1ccccc1. The van der Waals surface area contributed by atoms with Crippen LogP contribution in [0, 0.1) is 5.41 Å². The van der Waals surface area contributed by atoms with Crippen LogP contribution in [0.15, 0.2) is 83.2 Å². The molecule has 4 heterocycles. The molecule has 1 spiro atoms. The number of amidine groups is 1. The van der Waals surface area contributed by atoms with Crippen LogP contribution in [0.4, 0.5) is 0 Å². The summed E-state index contributed by atoms with van der Waals surface area (Å²) in [5.74, 6) is -0.0919. The molecule has 1 aromatic heterocycles. The van der Waals surface area contributed by atoms with Crippen molar-refractivity contribution in [2.45, 2.75) is 102 Å². The Hall–Kier alpha value is -3.77. The third-order valence-corrected chi connectivity index (χ3v) is 13.1. The predicted molar refractivity (Wildman–Crippen MR) is 221 cm³/mol. The van der Waals surface area contributed by atoms with Crippen LogP contribution in [-0.2, 0) is 27.4 Å². The van der Waals surface area contributed by atoms with E-state index in [1.807, 2.05) is 40.6 Å². The normalized spacial score (nSPS) is 26.3. The van der Waals surface area contributed by atoms with Gasteiger partial charge in [0.2, 0.25) is 11.8 Å². The Morgan fingerprint density at radius 1 is 0.964 bits per heavy atom. The van der Waals surface area contributed by atoms with E-state index < -0.39 is 6.04 Å². The van der Waals surface area contributed by atoms with Gasteiger partial charge in [0.15, 0.2) is 0 Å². The number of piperazine rings is 1. The highest BCUT2D eigenvalue weighted by Crippen LogP contribution is 2.44. The molecule has 2 saturated heterocycles. The molecule has 0 unspecified atom stereocenters. The molecule has 55 heavy (non-hydrogen) atoms. The molecule has 1 aliphatic carbocycles. The second kappa shape index (κ2) is 18.4. The second-order valence-corrected chi connectivity index (χ2v) is 17.7. The fourth-order valence-corrected chi connectivity index (χ4v) is 9.77. The molecule has 10 nitrogen and oxygen atoms in total. The number of aliphatic imine (C=N–C) groups is 1. The summed E-state index contributed by atoms with van der Waals surface area (Å²) < 4.78 is 6.47. The van der Waals surface area contributed by atoms with E-state index in [-0.39, 0.29) is 30.0 Å². The molecule has 3 aromatic rings. The van der Waals surface area contributed by atoms with Gasteiger partial charge in [-0.15, -0.1) is 11.3 Å². The summed E-state index contributed by atoms with van der Waals surface area (Å²) in [5, 5.41) is 9.08. The molecule has 11 heteroatoms. The number of ether oxygens (including phenoxy) is 1. The number of rotatable bonds is 14. The van der Waals surface area contributed by atoms with E-state index in [2.05, 4.69) is 88.8 Å². The Balaban J connectivity index is 1.02. The lowest BCUT2D eigenvalue weighted by Gasteiger charge is -2.43. The maximum absolute atomic E-state index is 14.8. The third-order valence-electron chi connectivity index (χ3n) is 12.3. The van der Waals surface area contributed by atoms with E-state index in [4.69, 9.17) is 9.73 Å². The maximum Gasteiger partial charge on any atom is 0.288 e. The van der Waals surface area contributed by atoms with Crippen LogP contribution in [0.1, 0.15) is 80.4 Å². The van der Waals surface area contributed by atoms with Gasteiger partial charge < -0.3 is 30.1 Å². The van der Waals surface area contributed by atoms with Gasteiger partial charge in [0.05, 0.1) is 25.2 Å². The number of hydrogen-bond donors (Lipinski definition) is 2. The zero-order valence-corrected chi connectivity index (χ0v) is 33.9. The molecule has 4 aliphatic rings. The standard InChI is InChI=1S/C44H61N7O3S/c1-33-40(35-15-8-5-9-16-35)54-43(46-33)50-26-27-51(39(31-50)41(52)45-29-37-17-12-28-55-37)42(53)38(18-10-11-24-48(2)3)47-36-19-21-44(22-20-36)23-25-49(32-44)30-34-13-6-4-7-14-34/h4-9,12-17,28,33,36,38-40,47H,10-11,18-27,29-32H2,1-3H3,(H,45,52)/t33-,36?,38-,39-,40+,44?/m0/s1. The van der Waals surface area contributed by atoms with Gasteiger partial charge in [0.25, 0.3) is 6.02 Å². The average Bonchev–Trinajstić information content (AvgIpc) is 3.97. The first-order chi connectivity index (χ1) is 26.7. The van der Waals surface area contributed by atoms with Crippen LogP contribution < -0.4 is 10.6 Å². The number of amides is 2. The lowest BCUT2D eigenvalue weighted by Crippen LogP contribution is -2.64. The van der Waals surface area contributed by atoms with Gasteiger partial charge in [-0.3, -0.25) is 14.5 Å². The summed E-state index contributed by atoms with van der Waals surface area (Å²) in [5.41, 5.74) is 2.85. The van der Waals surface area contributed by atoms with E-state index >= 15 is 0 Å². The zero-order chi connectivity index (χ0) is 38.2. The Labute approximate surface area is 332 Å². The number of unbranched alkanes of at least 4 members (excludes halogenated alkanes) is 1. The van der Waals surface area contributed by atoms with Crippen LogP contribution >= 0.6 is 11.3 Å². The van der Waals surface area contributed by atoms with Crippen molar-refractivity contribution in [3.63, 3.8) is 0 Å². The highest BCUT2D eigenvalue weighted by Gasteiger charge is 2.44. The van der Waals surface area contributed by atoms with Gasteiger partial charge in [-0.05, 0) is 107 Å². The van der Waals surface area contributed by atoms with Gasteiger partial charge in [0, 0.05) is 37.1 Å². The summed E-state index contributed by atoms with van der Waals surface area (Å²) in [7, 11) is 4.20. The first-order valence-electron chi connectivity index (χ1n) is 20.6. The topological polar surface area (TPSA) is 92.8 Å². The Morgan fingerprint density at radius 2 is 1.73 bits per heavy atom. The number of carbonyl (C=O) groups excluding carboxylic acids is 2. The minimum absolute atomic E-state index is 0.0424. The number of nitrogens with one attached hydrogen (secondary N) is 2. The molecule has 0 radical (unpaired) electrons. The fraction of sp³-hybridized carbons (Fsp3) is 0.568. The molecule has 0 bridgehead atoms. The molecule has 3 aliphatic heterocycles. The monoisotopic (exact) mass is 767 g/mol. The van der Waals surface area contributed by atoms with Crippen molar-refractivity contribution in [3.05, 3.63) is 94.2 Å². The number of benzene rings is 2. The molecule has 4 atom stereocenters. The maximum atomic E-state index is 14.8. The van der Waals surface area contributed by atoms with Crippen molar-refractivity contribution in [3.8, 4) is 0 Å². The first kappa shape index (κ1) is 39.5. The molecule has 1 saturated carbocycles. The molecule has 3 fully saturated rings. The van der Waals surface area contributed by atoms with Crippen LogP contribution in [-0.4, -0.2) is 115 Å². The molecule has 296 valence electrons. The summed E-state index contributed by atoms with van der Waals surface area (Å²) in [4.78, 5) is 43.7. The Bertz CT molecular complexity index is 1700. The minimum atomic E-state index is -0.659. The van der Waals surface area contributed by atoms with E-state index in [1.54, 1.807) is 11.3 Å². The van der Waals surface area contributed by atoms with Gasteiger partial charge in [-0.25, -0.2) is 4.99 Å². The molecule has 2 aromatic carbocycles. The zero-order valence-electron chi connectivity index (χ0n) is 33.1. The lowest BCUT2D eigenvalue weighted by atomic mass is 9.72. The molecule has 7 rings (SSSR count). The van der Waals surface area contributed by atoms with Crippen LogP contribution in [0.2, 0.25) is 0 Å². The number of likely N-dealkylation sites (tertiary alicyclic amines) is 1. The lowest BCUT2D eigenvalue weighted by molar-refractivity contribution is -0.145.